The first kappa shape index (κ1) is 27.3. The van der Waals surface area contributed by atoms with E-state index >= 15 is 0 Å². The Bertz CT molecular complexity index is 1290. The van der Waals surface area contributed by atoms with Crippen molar-refractivity contribution in [1.29, 1.82) is 0 Å². The van der Waals surface area contributed by atoms with Gasteiger partial charge in [0.2, 0.25) is 0 Å². The fraction of sp³-hybridized carbons (Fsp3) is 0.438. The Morgan fingerprint density at radius 2 is 1.82 bits per heavy atom. The fourth-order valence-electron chi connectivity index (χ4n) is 5.68. The van der Waals surface area contributed by atoms with Crippen LogP contribution in [0.25, 0.3) is 11.1 Å². The molecule has 206 valence electrons. The van der Waals surface area contributed by atoms with Crippen molar-refractivity contribution in [2.45, 2.75) is 77.4 Å². The minimum absolute atomic E-state index is 0.0264. The van der Waals surface area contributed by atoms with Crippen LogP contribution in [0.1, 0.15) is 64.7 Å². The zero-order valence-corrected chi connectivity index (χ0v) is 23.0. The highest BCUT2D eigenvalue weighted by molar-refractivity contribution is 5.99. The number of piperidine rings is 1. The van der Waals surface area contributed by atoms with Gasteiger partial charge in [-0.15, -0.1) is 0 Å². The number of likely N-dealkylation sites (tertiary alicyclic amines) is 1. The zero-order valence-electron chi connectivity index (χ0n) is 23.0. The summed E-state index contributed by atoms with van der Waals surface area (Å²) in [7, 11) is 0. The predicted octanol–water partition coefficient (Wildman–Crippen LogP) is 4.77. The molecule has 2 fully saturated rings. The zero-order chi connectivity index (χ0) is 27.4. The Labute approximate surface area is 231 Å². The fourth-order valence-corrected chi connectivity index (χ4v) is 5.68. The smallest absolute Gasteiger partial charge is 0.255 e. The molecule has 39 heavy (non-hydrogen) atoms. The number of pyridine rings is 1. The third-order valence-corrected chi connectivity index (χ3v) is 8.14. The van der Waals surface area contributed by atoms with Gasteiger partial charge in [-0.2, -0.15) is 0 Å². The molecule has 1 aromatic heterocycles. The molecule has 0 spiro atoms. The summed E-state index contributed by atoms with van der Waals surface area (Å²) in [6.07, 6.45) is 6.19. The number of aliphatic hydroxyl groups is 1. The number of aliphatic hydroxyl groups excluding tert-OH is 1. The van der Waals surface area contributed by atoms with Crippen LogP contribution in [0.2, 0.25) is 0 Å². The van der Waals surface area contributed by atoms with Crippen molar-refractivity contribution in [2.24, 2.45) is 0 Å². The number of anilines is 1. The summed E-state index contributed by atoms with van der Waals surface area (Å²) in [6.45, 7) is 7.31. The van der Waals surface area contributed by atoms with Gasteiger partial charge in [0.25, 0.3) is 5.91 Å². The molecule has 3 aromatic rings. The summed E-state index contributed by atoms with van der Waals surface area (Å²) in [4.78, 5) is 19.9. The number of nitrogens with zero attached hydrogens (tertiary/aromatic N) is 2. The first-order valence-electron chi connectivity index (χ1n) is 14.1. The number of carbonyl (C=O) groups excluding carboxylic acids is 1. The van der Waals surface area contributed by atoms with E-state index in [1.807, 2.05) is 6.07 Å². The molecule has 2 heterocycles. The molecule has 1 amide bonds. The quantitative estimate of drug-likeness (QED) is 0.389. The van der Waals surface area contributed by atoms with Crippen LogP contribution in [0.5, 0.6) is 0 Å². The van der Waals surface area contributed by atoms with Crippen LogP contribution in [-0.4, -0.2) is 52.2 Å². The van der Waals surface area contributed by atoms with Crippen LogP contribution < -0.4 is 11.1 Å². The first-order chi connectivity index (χ1) is 18.9. The lowest BCUT2D eigenvalue weighted by atomic mass is 10.0. The number of nitrogens with two attached hydrogens (primary N) is 1. The second-order valence-electron chi connectivity index (χ2n) is 11.2. The molecule has 1 unspecified atom stereocenters. The molecule has 5 rings (SSSR count). The SMILES string of the molecule is Cc1ccc(CO[C@H]2CCC[C@@H]2NC(=O)c2cc(-c3ccc(CN4CCCC(O)C4)cc3)cnc2N)cc1C. The Kier molecular flexibility index (Phi) is 8.60. The normalized spacial score (nSPS) is 21.7. The van der Waals surface area contributed by atoms with Crippen LogP contribution in [0.15, 0.2) is 54.7 Å². The van der Waals surface area contributed by atoms with Crippen molar-refractivity contribution < 1.29 is 14.6 Å². The highest BCUT2D eigenvalue weighted by atomic mass is 16.5. The van der Waals surface area contributed by atoms with Gasteiger partial charge in [-0.05, 0) is 86.4 Å². The summed E-state index contributed by atoms with van der Waals surface area (Å²) in [5.41, 5.74) is 13.2. The highest BCUT2D eigenvalue weighted by Crippen LogP contribution is 2.27. The summed E-state index contributed by atoms with van der Waals surface area (Å²) >= 11 is 0. The molecular formula is C32H40N4O3. The number of benzene rings is 2. The van der Waals surface area contributed by atoms with Crippen LogP contribution in [0, 0.1) is 13.8 Å². The molecule has 2 aliphatic rings. The van der Waals surface area contributed by atoms with Crippen molar-refractivity contribution in [1.82, 2.24) is 15.2 Å². The Balaban J connectivity index is 1.21. The maximum atomic E-state index is 13.3. The summed E-state index contributed by atoms with van der Waals surface area (Å²) < 4.78 is 6.25. The Morgan fingerprint density at radius 3 is 2.59 bits per heavy atom. The lowest BCUT2D eigenvalue weighted by Gasteiger charge is -2.30. The van der Waals surface area contributed by atoms with E-state index in [1.54, 1.807) is 6.20 Å². The topological polar surface area (TPSA) is 101 Å². The van der Waals surface area contributed by atoms with Gasteiger partial charge in [0.05, 0.1) is 30.4 Å². The van der Waals surface area contributed by atoms with E-state index in [-0.39, 0.29) is 30.0 Å². The average molecular weight is 529 g/mol. The number of rotatable bonds is 8. The molecule has 1 saturated heterocycles. The van der Waals surface area contributed by atoms with E-state index in [0.29, 0.717) is 12.2 Å². The number of aryl methyl sites for hydroxylation is 2. The minimum atomic E-state index is -0.230. The van der Waals surface area contributed by atoms with E-state index < -0.39 is 0 Å². The number of nitrogen functional groups attached to an aromatic ring is 1. The van der Waals surface area contributed by atoms with Crippen molar-refractivity contribution >= 4 is 11.7 Å². The number of nitrogens with one attached hydrogen (secondary N) is 1. The maximum absolute atomic E-state index is 13.3. The largest absolute Gasteiger partial charge is 0.392 e. The minimum Gasteiger partial charge on any atom is -0.392 e. The summed E-state index contributed by atoms with van der Waals surface area (Å²) in [5.74, 6) is 0.0101. The number of hydrogen-bond acceptors (Lipinski definition) is 6. The van der Waals surface area contributed by atoms with E-state index in [4.69, 9.17) is 10.5 Å². The van der Waals surface area contributed by atoms with E-state index in [1.165, 1.54) is 16.7 Å². The van der Waals surface area contributed by atoms with Gasteiger partial charge in [0.15, 0.2) is 0 Å². The number of β-amino-alcohol motifs (C(OH)–C–C–N with tert-alkyl or cyclic N) is 1. The number of amides is 1. The lowest BCUT2D eigenvalue weighted by Crippen LogP contribution is -2.41. The first-order valence-corrected chi connectivity index (χ1v) is 14.1. The number of hydrogen-bond donors (Lipinski definition) is 3. The van der Waals surface area contributed by atoms with Gasteiger partial charge >= 0.3 is 0 Å². The molecule has 0 bridgehead atoms. The van der Waals surface area contributed by atoms with Crippen molar-refractivity contribution in [3.05, 3.63) is 82.5 Å². The molecular weight excluding hydrogens is 488 g/mol. The molecule has 1 saturated carbocycles. The number of carbonyl (C=O) groups is 1. The molecule has 1 aliphatic heterocycles. The van der Waals surface area contributed by atoms with Crippen LogP contribution in [0.3, 0.4) is 0 Å². The third kappa shape index (κ3) is 6.85. The van der Waals surface area contributed by atoms with Crippen LogP contribution >= 0.6 is 0 Å². The van der Waals surface area contributed by atoms with Crippen LogP contribution in [-0.2, 0) is 17.9 Å². The maximum Gasteiger partial charge on any atom is 0.255 e. The van der Waals surface area contributed by atoms with Crippen molar-refractivity contribution in [3.63, 3.8) is 0 Å². The highest BCUT2D eigenvalue weighted by Gasteiger charge is 2.30. The number of ether oxygens (including phenoxy) is 1. The molecule has 1 aliphatic carbocycles. The van der Waals surface area contributed by atoms with Gasteiger partial charge in [0, 0.05) is 24.8 Å². The van der Waals surface area contributed by atoms with Crippen molar-refractivity contribution in [3.8, 4) is 11.1 Å². The molecule has 2 aromatic carbocycles. The molecule has 0 radical (unpaired) electrons. The molecule has 7 nitrogen and oxygen atoms in total. The number of aromatic nitrogens is 1. The van der Waals surface area contributed by atoms with E-state index in [2.05, 4.69) is 71.5 Å². The summed E-state index contributed by atoms with van der Waals surface area (Å²) in [6, 6.07) is 16.5. The van der Waals surface area contributed by atoms with Gasteiger partial charge < -0.3 is 20.9 Å². The standard InChI is InChI=1S/C32H40N4O3/c1-21-8-9-24(15-22(21)2)20-39-30-7-3-6-29(30)35-32(38)28-16-26(17-34-31(28)33)25-12-10-23(11-13-25)18-36-14-4-5-27(37)19-36/h8-13,15-17,27,29-30,37H,3-7,14,18-20H2,1-2H3,(H2,33,34)(H,35,38)/t27?,29-,30-/m0/s1. The van der Waals surface area contributed by atoms with Crippen LogP contribution in [0.4, 0.5) is 5.82 Å². The van der Waals surface area contributed by atoms with Gasteiger partial charge in [-0.3, -0.25) is 9.69 Å². The van der Waals surface area contributed by atoms with Gasteiger partial charge in [0.1, 0.15) is 5.82 Å². The Hall–Kier alpha value is -3.26. The average Bonchev–Trinajstić information content (AvgIpc) is 3.37. The van der Waals surface area contributed by atoms with Crippen molar-refractivity contribution in [2.75, 3.05) is 18.8 Å². The predicted molar refractivity (Wildman–Crippen MR) is 154 cm³/mol. The monoisotopic (exact) mass is 528 g/mol. The summed E-state index contributed by atoms with van der Waals surface area (Å²) in [5, 5.41) is 13.1. The lowest BCUT2D eigenvalue weighted by molar-refractivity contribution is 0.0272. The van der Waals surface area contributed by atoms with E-state index in [0.717, 1.165) is 68.4 Å². The molecule has 7 heteroatoms. The second kappa shape index (κ2) is 12.3. The molecule has 4 N–H and O–H groups in total. The second-order valence-corrected chi connectivity index (χ2v) is 11.2. The van der Waals surface area contributed by atoms with E-state index in [9.17, 15) is 9.90 Å². The molecule has 3 atom stereocenters. The Morgan fingerprint density at radius 1 is 1.03 bits per heavy atom. The van der Waals surface area contributed by atoms with Gasteiger partial charge in [-0.25, -0.2) is 4.98 Å². The third-order valence-electron chi connectivity index (χ3n) is 8.14. The van der Waals surface area contributed by atoms with Gasteiger partial charge in [-0.1, -0.05) is 42.5 Å².